The summed E-state index contributed by atoms with van der Waals surface area (Å²) >= 11 is 0. The van der Waals surface area contributed by atoms with Crippen LogP contribution in [0.5, 0.6) is 5.75 Å². The van der Waals surface area contributed by atoms with E-state index in [1.165, 1.54) is 0 Å². The number of nitrogens with zero attached hydrogens (tertiary/aromatic N) is 3. The number of ether oxygens (including phenoxy) is 2. The monoisotopic (exact) mass is 428 g/mol. The fraction of sp³-hybridized carbons (Fsp3) is 0.200. The van der Waals surface area contributed by atoms with Crippen molar-refractivity contribution in [3.05, 3.63) is 90.4 Å². The van der Waals surface area contributed by atoms with Gasteiger partial charge in [-0.2, -0.15) is 0 Å². The number of nitrogens with one attached hydrogen (secondary N) is 1. The van der Waals surface area contributed by atoms with Gasteiger partial charge in [-0.3, -0.25) is 4.79 Å². The fourth-order valence-corrected chi connectivity index (χ4v) is 3.77. The van der Waals surface area contributed by atoms with E-state index in [1.807, 2.05) is 59.3 Å². The predicted molar refractivity (Wildman–Crippen MR) is 123 cm³/mol. The smallest absolute Gasteiger partial charge is 0.255 e. The molecule has 1 aliphatic heterocycles. The van der Waals surface area contributed by atoms with E-state index in [1.54, 1.807) is 24.3 Å². The van der Waals surface area contributed by atoms with Gasteiger partial charge in [-0.05, 0) is 48.5 Å². The van der Waals surface area contributed by atoms with Crippen LogP contribution in [0.25, 0.3) is 5.65 Å². The lowest BCUT2D eigenvalue weighted by atomic mass is 10.2. The first-order valence-corrected chi connectivity index (χ1v) is 10.6. The van der Waals surface area contributed by atoms with Gasteiger partial charge in [-0.15, -0.1) is 0 Å². The Bertz CT molecular complexity index is 1180. The van der Waals surface area contributed by atoms with Crippen LogP contribution in [0.1, 0.15) is 16.1 Å². The third-order valence-electron chi connectivity index (χ3n) is 5.42. The molecule has 1 fully saturated rings. The summed E-state index contributed by atoms with van der Waals surface area (Å²) in [4.78, 5) is 19.6. The molecule has 7 heteroatoms. The van der Waals surface area contributed by atoms with E-state index < -0.39 is 0 Å². The highest BCUT2D eigenvalue weighted by atomic mass is 16.5. The molecule has 1 N–H and O–H groups in total. The van der Waals surface area contributed by atoms with E-state index in [4.69, 9.17) is 9.47 Å². The number of hydrogen-bond donors (Lipinski definition) is 1. The van der Waals surface area contributed by atoms with Crippen molar-refractivity contribution in [2.75, 3.05) is 36.5 Å². The highest BCUT2D eigenvalue weighted by molar-refractivity contribution is 6.06. The molecule has 1 aliphatic rings. The number of amides is 1. The van der Waals surface area contributed by atoms with Gasteiger partial charge in [0.2, 0.25) is 0 Å². The lowest BCUT2D eigenvalue weighted by molar-refractivity contribution is 0.102. The predicted octanol–water partition coefficient (Wildman–Crippen LogP) is 4.00. The third-order valence-corrected chi connectivity index (χ3v) is 5.42. The Balaban J connectivity index is 1.23. The zero-order valence-electron chi connectivity index (χ0n) is 17.6. The number of para-hydroxylation sites is 2. The Hall–Kier alpha value is -3.84. The number of hydrogen-bond acceptors (Lipinski definition) is 5. The molecule has 32 heavy (non-hydrogen) atoms. The zero-order chi connectivity index (χ0) is 21.8. The van der Waals surface area contributed by atoms with Crippen LogP contribution in [0.2, 0.25) is 0 Å². The maximum Gasteiger partial charge on any atom is 0.255 e. The Morgan fingerprint density at radius 1 is 1.00 bits per heavy atom. The lowest BCUT2D eigenvalue weighted by Gasteiger charge is -2.30. The summed E-state index contributed by atoms with van der Waals surface area (Å²) in [6.07, 6.45) is 3.90. The van der Waals surface area contributed by atoms with Crippen molar-refractivity contribution in [3.63, 3.8) is 0 Å². The van der Waals surface area contributed by atoms with Crippen molar-refractivity contribution in [3.8, 4) is 5.75 Å². The molecule has 0 aliphatic carbocycles. The number of fused-ring (bicyclic) bond motifs is 1. The second kappa shape index (κ2) is 9.11. The summed E-state index contributed by atoms with van der Waals surface area (Å²) in [5, 5.41) is 3.04. The third kappa shape index (κ3) is 4.43. The van der Waals surface area contributed by atoms with E-state index in [2.05, 4.69) is 15.2 Å². The first-order valence-electron chi connectivity index (χ1n) is 10.6. The molecule has 1 saturated heterocycles. The molecule has 7 nitrogen and oxygen atoms in total. The van der Waals surface area contributed by atoms with Gasteiger partial charge < -0.3 is 24.1 Å². The number of carbonyl (C=O) groups is 1. The SMILES string of the molecule is O=C(Nc1ccccc1N1CCOCC1)c1ccc(OCc2cn3ccccc3n2)cc1. The van der Waals surface area contributed by atoms with E-state index in [-0.39, 0.29) is 5.91 Å². The van der Waals surface area contributed by atoms with Crippen molar-refractivity contribution in [1.82, 2.24) is 9.38 Å². The number of pyridine rings is 1. The number of morpholine rings is 1. The summed E-state index contributed by atoms with van der Waals surface area (Å²) in [6, 6.07) is 20.9. The topological polar surface area (TPSA) is 68.1 Å². The van der Waals surface area contributed by atoms with Crippen LogP contribution < -0.4 is 15.0 Å². The Kier molecular flexibility index (Phi) is 5.72. The molecule has 3 heterocycles. The van der Waals surface area contributed by atoms with E-state index in [0.29, 0.717) is 31.1 Å². The van der Waals surface area contributed by atoms with Crippen molar-refractivity contribution in [1.29, 1.82) is 0 Å². The Morgan fingerprint density at radius 2 is 1.78 bits per heavy atom. The number of rotatable bonds is 6. The van der Waals surface area contributed by atoms with E-state index in [9.17, 15) is 4.79 Å². The summed E-state index contributed by atoms with van der Waals surface area (Å²) < 4.78 is 13.2. The second-order valence-corrected chi connectivity index (χ2v) is 7.58. The zero-order valence-corrected chi connectivity index (χ0v) is 17.6. The van der Waals surface area contributed by atoms with Crippen LogP contribution in [0.4, 0.5) is 11.4 Å². The molecular formula is C25H24N4O3. The first-order chi connectivity index (χ1) is 15.8. The molecule has 0 atom stereocenters. The van der Waals surface area contributed by atoms with Crippen LogP contribution in [-0.4, -0.2) is 41.6 Å². The number of aromatic nitrogens is 2. The summed E-state index contributed by atoms with van der Waals surface area (Å²) in [7, 11) is 0. The van der Waals surface area contributed by atoms with Gasteiger partial charge in [0.05, 0.1) is 30.3 Å². The average Bonchev–Trinajstić information content (AvgIpc) is 3.27. The van der Waals surface area contributed by atoms with Gasteiger partial charge in [-0.25, -0.2) is 4.98 Å². The molecule has 162 valence electrons. The number of imidazole rings is 1. The molecule has 0 radical (unpaired) electrons. The molecule has 2 aromatic carbocycles. The fourth-order valence-electron chi connectivity index (χ4n) is 3.77. The van der Waals surface area contributed by atoms with Gasteiger partial charge in [0.15, 0.2) is 0 Å². The lowest BCUT2D eigenvalue weighted by Crippen LogP contribution is -2.36. The Labute approximate surface area is 186 Å². The van der Waals surface area contributed by atoms with Crippen LogP contribution in [0.3, 0.4) is 0 Å². The number of benzene rings is 2. The minimum atomic E-state index is -0.155. The average molecular weight is 428 g/mol. The quantitative estimate of drug-likeness (QED) is 0.503. The number of carbonyl (C=O) groups excluding carboxylic acids is 1. The first kappa shape index (κ1) is 20.1. The normalized spacial score (nSPS) is 13.8. The van der Waals surface area contributed by atoms with Gasteiger partial charge in [0.25, 0.3) is 5.91 Å². The minimum Gasteiger partial charge on any atom is -0.487 e. The largest absolute Gasteiger partial charge is 0.487 e. The Morgan fingerprint density at radius 3 is 2.59 bits per heavy atom. The van der Waals surface area contributed by atoms with Crippen LogP contribution >= 0.6 is 0 Å². The second-order valence-electron chi connectivity index (χ2n) is 7.58. The van der Waals surface area contributed by atoms with Gasteiger partial charge in [0.1, 0.15) is 18.0 Å². The molecular weight excluding hydrogens is 404 g/mol. The molecule has 0 spiro atoms. The van der Waals surface area contributed by atoms with Crippen LogP contribution in [0.15, 0.2) is 79.1 Å². The van der Waals surface area contributed by atoms with Gasteiger partial charge in [0, 0.05) is 31.0 Å². The van der Waals surface area contributed by atoms with Crippen LogP contribution in [-0.2, 0) is 11.3 Å². The van der Waals surface area contributed by atoms with Gasteiger partial charge >= 0.3 is 0 Å². The molecule has 1 amide bonds. The van der Waals surface area contributed by atoms with E-state index >= 15 is 0 Å². The van der Waals surface area contributed by atoms with Crippen molar-refractivity contribution in [2.24, 2.45) is 0 Å². The highest BCUT2D eigenvalue weighted by Gasteiger charge is 2.16. The molecule has 4 aromatic rings. The summed E-state index contributed by atoms with van der Waals surface area (Å²) in [5.74, 6) is 0.532. The summed E-state index contributed by atoms with van der Waals surface area (Å²) in [6.45, 7) is 3.37. The van der Waals surface area contributed by atoms with Crippen molar-refractivity contribution < 1.29 is 14.3 Å². The molecule has 5 rings (SSSR count). The molecule has 2 aromatic heterocycles. The van der Waals surface area contributed by atoms with Gasteiger partial charge in [-0.1, -0.05) is 18.2 Å². The van der Waals surface area contributed by atoms with Crippen molar-refractivity contribution in [2.45, 2.75) is 6.61 Å². The van der Waals surface area contributed by atoms with Crippen LogP contribution in [0, 0.1) is 0 Å². The number of anilines is 2. The maximum atomic E-state index is 12.8. The maximum absolute atomic E-state index is 12.8. The van der Waals surface area contributed by atoms with E-state index in [0.717, 1.165) is 35.8 Å². The molecule has 0 saturated carbocycles. The van der Waals surface area contributed by atoms with Crippen molar-refractivity contribution >= 4 is 22.9 Å². The summed E-state index contributed by atoms with van der Waals surface area (Å²) in [5.41, 5.74) is 4.11. The standard InChI is InChI=1S/C25H24N4O3/c30-25(27-22-5-1-2-6-23(22)28-13-15-31-16-14-28)19-8-10-21(11-9-19)32-18-20-17-29-12-4-3-7-24(29)26-20/h1-12,17H,13-16,18H2,(H,27,30). The highest BCUT2D eigenvalue weighted by Crippen LogP contribution is 2.27. The minimum absolute atomic E-state index is 0.155. The molecule has 0 bridgehead atoms. The molecule has 0 unspecified atom stereocenters.